The second kappa shape index (κ2) is 8.08. The van der Waals surface area contributed by atoms with Gasteiger partial charge >= 0.3 is 0 Å². The molecule has 2 unspecified atom stereocenters. The minimum Gasteiger partial charge on any atom is -0.372 e. The molecule has 3 fully saturated rings. The van der Waals surface area contributed by atoms with Crippen molar-refractivity contribution in [2.45, 2.75) is 70.9 Å². The van der Waals surface area contributed by atoms with Crippen molar-refractivity contribution in [3.05, 3.63) is 59.2 Å². The largest absolute Gasteiger partial charge is 0.372 e. The maximum Gasteiger partial charge on any atom is 0.247 e. The van der Waals surface area contributed by atoms with Crippen LogP contribution in [0.3, 0.4) is 0 Å². The molecule has 7 rings (SSSR count). The number of rotatable bonds is 7. The molecule has 0 saturated heterocycles. The summed E-state index contributed by atoms with van der Waals surface area (Å²) in [7, 11) is 0. The maximum absolute atomic E-state index is 13.7. The average molecular weight is 483 g/mol. The van der Waals surface area contributed by atoms with Crippen molar-refractivity contribution in [2.24, 2.45) is 17.8 Å². The summed E-state index contributed by atoms with van der Waals surface area (Å²) in [5, 5.41) is 19.2. The van der Waals surface area contributed by atoms with Gasteiger partial charge in [0.2, 0.25) is 5.91 Å². The topological polar surface area (TPSA) is 87.6 Å². The lowest BCUT2D eigenvalue weighted by Crippen LogP contribution is -2.48. The van der Waals surface area contributed by atoms with Gasteiger partial charge in [0.05, 0.1) is 17.1 Å². The standard InChI is InChI=1S/C29H34N6O/c1-15(2)35-23(12-13-30-35)27-22-14-21(22)25(18-4-5-18)28(32-27)29(36)31-20-10-8-17(9-11-20)24-16(3)33-34-26(24)19-6-7-19/h8-13,15,18-19,21,25,28,32H,4-7,14H2,1-3H3,(H,31,36)(H,33,34)/t21?,25?,28-/m0/s1. The number of fused-ring (bicyclic) bond motifs is 1. The van der Waals surface area contributed by atoms with E-state index in [1.165, 1.54) is 42.5 Å². The number of amides is 1. The van der Waals surface area contributed by atoms with Crippen molar-refractivity contribution in [1.82, 2.24) is 25.3 Å². The smallest absolute Gasteiger partial charge is 0.247 e. The van der Waals surface area contributed by atoms with Crippen LogP contribution < -0.4 is 10.6 Å². The van der Waals surface area contributed by atoms with Gasteiger partial charge in [-0.2, -0.15) is 10.2 Å². The summed E-state index contributed by atoms with van der Waals surface area (Å²) < 4.78 is 2.06. The number of hydrogen-bond acceptors (Lipinski definition) is 4. The van der Waals surface area contributed by atoms with Gasteiger partial charge in [-0.1, -0.05) is 12.1 Å². The number of carbonyl (C=O) groups excluding carboxylic acids is 1. The van der Waals surface area contributed by atoms with Gasteiger partial charge in [0, 0.05) is 35.1 Å². The molecule has 4 aliphatic rings. The second-order valence-corrected chi connectivity index (χ2v) is 11.5. The molecule has 3 aliphatic carbocycles. The Balaban J connectivity index is 1.13. The summed E-state index contributed by atoms with van der Waals surface area (Å²) in [6, 6.07) is 10.4. The number of nitrogens with one attached hydrogen (secondary N) is 3. The summed E-state index contributed by atoms with van der Waals surface area (Å²) >= 11 is 0. The Bertz CT molecular complexity index is 1350. The van der Waals surface area contributed by atoms with Crippen LogP contribution in [-0.4, -0.2) is 31.9 Å². The Hall–Kier alpha value is -3.35. The first-order valence-corrected chi connectivity index (χ1v) is 13.5. The molecule has 0 bridgehead atoms. The van der Waals surface area contributed by atoms with Gasteiger partial charge in [-0.3, -0.25) is 14.6 Å². The number of nitrogens with zero attached hydrogens (tertiary/aromatic N) is 3. The van der Waals surface area contributed by atoms with Gasteiger partial charge < -0.3 is 10.6 Å². The van der Waals surface area contributed by atoms with Crippen molar-refractivity contribution >= 4 is 17.3 Å². The zero-order chi connectivity index (χ0) is 24.6. The molecule has 3 saturated carbocycles. The predicted molar refractivity (Wildman–Crippen MR) is 140 cm³/mol. The van der Waals surface area contributed by atoms with E-state index in [1.54, 1.807) is 0 Å². The fraction of sp³-hybridized carbons (Fsp3) is 0.483. The van der Waals surface area contributed by atoms with Gasteiger partial charge in [-0.05, 0) is 100.0 Å². The molecule has 3 atom stereocenters. The molecule has 3 N–H and O–H groups in total. The first-order chi connectivity index (χ1) is 17.5. The molecular weight excluding hydrogens is 448 g/mol. The number of carbonyl (C=O) groups is 1. The number of aromatic amines is 1. The van der Waals surface area contributed by atoms with E-state index in [1.807, 2.05) is 18.3 Å². The van der Waals surface area contributed by atoms with E-state index in [0.717, 1.165) is 34.8 Å². The van der Waals surface area contributed by atoms with Crippen LogP contribution in [0.25, 0.3) is 16.8 Å². The van der Waals surface area contributed by atoms with Gasteiger partial charge in [-0.25, -0.2) is 0 Å². The lowest BCUT2D eigenvalue weighted by molar-refractivity contribution is -0.119. The highest BCUT2D eigenvalue weighted by Gasteiger charge is 2.55. The van der Waals surface area contributed by atoms with Gasteiger partial charge in [0.15, 0.2) is 0 Å². The molecule has 0 spiro atoms. The molecular formula is C29H34N6O. The first kappa shape index (κ1) is 21.9. The zero-order valence-electron chi connectivity index (χ0n) is 21.2. The van der Waals surface area contributed by atoms with Crippen LogP contribution in [0.2, 0.25) is 0 Å². The fourth-order valence-corrected chi connectivity index (χ4v) is 6.30. The average Bonchev–Trinajstić information content (AvgIpc) is 3.77. The molecule has 3 heterocycles. The van der Waals surface area contributed by atoms with Crippen LogP contribution in [0.15, 0.2) is 42.1 Å². The Morgan fingerprint density at radius 1 is 1.11 bits per heavy atom. The van der Waals surface area contributed by atoms with E-state index in [2.05, 4.69) is 69.6 Å². The Labute approximate surface area is 211 Å². The molecule has 7 nitrogen and oxygen atoms in total. The number of anilines is 1. The zero-order valence-corrected chi connectivity index (χ0v) is 21.2. The van der Waals surface area contributed by atoms with Crippen molar-refractivity contribution in [3.63, 3.8) is 0 Å². The van der Waals surface area contributed by atoms with E-state index in [9.17, 15) is 4.79 Å². The quantitative estimate of drug-likeness (QED) is 0.420. The lowest BCUT2D eigenvalue weighted by Gasteiger charge is -2.32. The fourth-order valence-electron chi connectivity index (χ4n) is 6.30. The normalized spacial score (nSPS) is 25.1. The van der Waals surface area contributed by atoms with Crippen LogP contribution in [-0.2, 0) is 4.79 Å². The molecule has 1 aliphatic heterocycles. The molecule has 1 amide bonds. The number of hydrogen-bond donors (Lipinski definition) is 3. The molecule has 7 heteroatoms. The van der Waals surface area contributed by atoms with Crippen LogP contribution in [0.4, 0.5) is 5.69 Å². The minimum atomic E-state index is -0.225. The first-order valence-electron chi connectivity index (χ1n) is 13.5. The third-order valence-electron chi connectivity index (χ3n) is 8.44. The third-order valence-corrected chi connectivity index (χ3v) is 8.44. The molecule has 1 aromatic carbocycles. The summed E-state index contributed by atoms with van der Waals surface area (Å²) in [4.78, 5) is 13.7. The van der Waals surface area contributed by atoms with Crippen molar-refractivity contribution in [2.75, 3.05) is 5.32 Å². The Morgan fingerprint density at radius 2 is 1.89 bits per heavy atom. The molecule has 186 valence electrons. The van der Waals surface area contributed by atoms with Crippen LogP contribution in [0.5, 0.6) is 0 Å². The highest BCUT2D eigenvalue weighted by molar-refractivity contribution is 5.97. The maximum atomic E-state index is 13.7. The van der Waals surface area contributed by atoms with Gasteiger partial charge in [0.25, 0.3) is 0 Å². The van der Waals surface area contributed by atoms with E-state index in [4.69, 9.17) is 0 Å². The van der Waals surface area contributed by atoms with E-state index >= 15 is 0 Å². The summed E-state index contributed by atoms with van der Waals surface area (Å²) in [5.41, 5.74) is 9.20. The Kier molecular flexibility index (Phi) is 4.92. The highest BCUT2D eigenvalue weighted by Crippen LogP contribution is 2.58. The Morgan fingerprint density at radius 3 is 2.58 bits per heavy atom. The number of allylic oxidation sites excluding steroid dienone is 1. The van der Waals surface area contributed by atoms with Gasteiger partial charge in [0.1, 0.15) is 6.04 Å². The summed E-state index contributed by atoms with van der Waals surface area (Å²) in [6.45, 7) is 6.38. The SMILES string of the molecule is Cc1[nH]nc(C2CC2)c1-c1ccc(NC(=O)[C@H]2NC(c3ccnn3C(C)C)=C3CC3C2C2CC2)cc1. The van der Waals surface area contributed by atoms with Crippen molar-refractivity contribution < 1.29 is 4.79 Å². The minimum absolute atomic E-state index is 0.0665. The van der Waals surface area contributed by atoms with Crippen LogP contribution in [0, 0.1) is 24.7 Å². The third kappa shape index (κ3) is 3.67. The lowest BCUT2D eigenvalue weighted by atomic mass is 9.85. The van der Waals surface area contributed by atoms with Gasteiger partial charge in [-0.15, -0.1) is 0 Å². The predicted octanol–water partition coefficient (Wildman–Crippen LogP) is 5.41. The summed E-state index contributed by atoms with van der Waals surface area (Å²) in [6.07, 6.45) is 7.88. The van der Waals surface area contributed by atoms with Crippen molar-refractivity contribution in [1.29, 1.82) is 0 Å². The highest BCUT2D eigenvalue weighted by atomic mass is 16.2. The molecule has 0 radical (unpaired) electrons. The number of aryl methyl sites for hydroxylation is 1. The monoisotopic (exact) mass is 482 g/mol. The number of aromatic nitrogens is 4. The molecule has 2 aromatic heterocycles. The number of benzene rings is 1. The van der Waals surface area contributed by atoms with E-state index in [0.29, 0.717) is 23.7 Å². The molecule has 3 aromatic rings. The number of H-pyrrole nitrogens is 1. The van der Waals surface area contributed by atoms with Crippen LogP contribution >= 0.6 is 0 Å². The van der Waals surface area contributed by atoms with E-state index < -0.39 is 0 Å². The molecule has 36 heavy (non-hydrogen) atoms. The van der Waals surface area contributed by atoms with E-state index in [-0.39, 0.29) is 18.0 Å². The summed E-state index contributed by atoms with van der Waals surface area (Å²) in [5.74, 6) is 2.21. The van der Waals surface area contributed by atoms with Crippen LogP contribution in [0.1, 0.15) is 75.0 Å². The second-order valence-electron chi connectivity index (χ2n) is 11.5. The van der Waals surface area contributed by atoms with Crippen molar-refractivity contribution in [3.8, 4) is 11.1 Å².